The Hall–Kier alpha value is -0.850. The molecule has 0 N–H and O–H groups in total. The van der Waals surface area contributed by atoms with E-state index in [0.717, 1.165) is 12.1 Å². The first-order valence-corrected chi connectivity index (χ1v) is 4.46. The number of hydrogen-bond donors (Lipinski definition) is 0. The van der Waals surface area contributed by atoms with Crippen LogP contribution in [-0.4, -0.2) is 6.21 Å². The van der Waals surface area contributed by atoms with Gasteiger partial charge in [0.05, 0.1) is 0 Å². The van der Waals surface area contributed by atoms with E-state index in [-0.39, 0.29) is 0 Å². The lowest BCUT2D eigenvalue weighted by Crippen LogP contribution is -1.84. The second kappa shape index (κ2) is 5.76. The van der Waals surface area contributed by atoms with Crippen LogP contribution in [0.1, 0.15) is 41.0 Å². The number of hydrogen-bond acceptors (Lipinski definition) is 1. The van der Waals surface area contributed by atoms with Crippen LogP contribution in [-0.2, 0) is 0 Å². The zero-order valence-electron chi connectivity index (χ0n) is 8.81. The van der Waals surface area contributed by atoms with Crippen LogP contribution in [0.25, 0.3) is 0 Å². The van der Waals surface area contributed by atoms with Crippen molar-refractivity contribution < 1.29 is 0 Å². The Morgan fingerprint density at radius 1 is 1.25 bits per heavy atom. The highest BCUT2D eigenvalue weighted by Gasteiger charge is 1.95. The molecule has 68 valence electrons. The minimum atomic E-state index is 1.000. The maximum absolute atomic E-state index is 4.33. The number of rotatable bonds is 3. The fourth-order valence-corrected chi connectivity index (χ4v) is 0.827. The molecular weight excluding hydrogens is 146 g/mol. The van der Waals surface area contributed by atoms with Crippen molar-refractivity contribution in [3.8, 4) is 0 Å². The molecule has 0 atom stereocenters. The highest BCUT2D eigenvalue weighted by atomic mass is 14.7. The lowest BCUT2D eigenvalue weighted by atomic mass is 10.1. The van der Waals surface area contributed by atoms with E-state index in [4.69, 9.17) is 0 Å². The summed E-state index contributed by atoms with van der Waals surface area (Å²) in [5, 5.41) is 0. The summed E-state index contributed by atoms with van der Waals surface area (Å²) in [7, 11) is 0. The third-order valence-electron chi connectivity index (χ3n) is 2.03. The summed E-state index contributed by atoms with van der Waals surface area (Å²) >= 11 is 0. The monoisotopic (exact) mass is 165 g/mol. The highest BCUT2D eigenvalue weighted by molar-refractivity contribution is 5.58. The molecule has 0 fully saturated rings. The molecule has 0 spiro atoms. The Kier molecular flexibility index (Phi) is 5.35. The molecule has 0 aromatic heterocycles. The maximum Gasteiger partial charge on any atom is 0.0400 e. The Morgan fingerprint density at radius 3 is 2.25 bits per heavy atom. The van der Waals surface area contributed by atoms with E-state index in [1.54, 1.807) is 0 Å². The Bertz CT molecular complexity index is 219. The second-order valence-corrected chi connectivity index (χ2v) is 2.90. The van der Waals surface area contributed by atoms with Crippen LogP contribution >= 0.6 is 0 Å². The average molecular weight is 165 g/mol. The summed E-state index contributed by atoms with van der Waals surface area (Å²) in [5.41, 5.74) is 3.70. The predicted molar refractivity (Wildman–Crippen MR) is 56.6 cm³/mol. The quantitative estimate of drug-likeness (QED) is 0.446. The molecule has 0 aliphatic rings. The third-order valence-corrected chi connectivity index (χ3v) is 2.03. The molecule has 0 radical (unpaired) electrons. The van der Waals surface area contributed by atoms with E-state index in [2.05, 4.69) is 45.7 Å². The van der Waals surface area contributed by atoms with Crippen LogP contribution in [0.3, 0.4) is 0 Å². The van der Waals surface area contributed by atoms with Gasteiger partial charge in [0, 0.05) is 11.9 Å². The van der Waals surface area contributed by atoms with Crippen molar-refractivity contribution in [2.45, 2.75) is 41.0 Å². The smallest absolute Gasteiger partial charge is 0.0400 e. The van der Waals surface area contributed by atoms with E-state index < -0.39 is 0 Å². The minimum Gasteiger partial charge on any atom is -0.266 e. The zero-order chi connectivity index (χ0) is 9.56. The molecule has 1 heteroatoms. The van der Waals surface area contributed by atoms with Crippen LogP contribution in [0.5, 0.6) is 0 Å². The van der Waals surface area contributed by atoms with Crippen molar-refractivity contribution in [2.75, 3.05) is 0 Å². The van der Waals surface area contributed by atoms with E-state index in [1.165, 1.54) is 11.1 Å². The Balaban J connectivity index is 4.57. The van der Waals surface area contributed by atoms with E-state index in [1.807, 2.05) is 6.21 Å². The van der Waals surface area contributed by atoms with Crippen molar-refractivity contribution in [2.24, 2.45) is 4.99 Å². The first kappa shape index (κ1) is 11.2. The molecule has 0 unspecified atom stereocenters. The van der Waals surface area contributed by atoms with Gasteiger partial charge in [0.2, 0.25) is 0 Å². The van der Waals surface area contributed by atoms with Crippen molar-refractivity contribution in [3.63, 3.8) is 0 Å². The number of aliphatic imine (C=N–C) groups is 1. The third kappa shape index (κ3) is 3.51. The lowest BCUT2D eigenvalue weighted by molar-refractivity contribution is 1.17. The van der Waals surface area contributed by atoms with Crippen molar-refractivity contribution >= 4 is 6.21 Å². The van der Waals surface area contributed by atoms with Gasteiger partial charge in [-0.1, -0.05) is 18.6 Å². The van der Waals surface area contributed by atoms with E-state index in [9.17, 15) is 0 Å². The van der Waals surface area contributed by atoms with Gasteiger partial charge < -0.3 is 0 Å². The molecule has 1 nitrogen and oxygen atoms in total. The van der Waals surface area contributed by atoms with Gasteiger partial charge in [-0.05, 0) is 39.7 Å². The van der Waals surface area contributed by atoms with Gasteiger partial charge in [-0.3, -0.25) is 4.99 Å². The molecule has 0 rings (SSSR count). The summed E-state index contributed by atoms with van der Waals surface area (Å²) in [4.78, 5) is 4.33. The fourth-order valence-electron chi connectivity index (χ4n) is 0.827. The SMILES string of the molecule is C/C=C(C)/C(C)=C(C)\N=C/CC. The molecule has 0 aliphatic heterocycles. The van der Waals surface area contributed by atoms with Gasteiger partial charge in [0.1, 0.15) is 0 Å². The molecule has 0 aromatic carbocycles. The summed E-state index contributed by atoms with van der Waals surface area (Å²) in [6, 6.07) is 0. The molecule has 0 aliphatic carbocycles. The molecular formula is C11H19N. The molecule has 0 amide bonds. The van der Waals surface area contributed by atoms with Crippen molar-refractivity contribution in [3.05, 3.63) is 22.9 Å². The standard InChI is InChI=1S/C11H19N/c1-6-8-12-11(5)10(4)9(3)7-2/h7-8H,6H2,1-5H3/b9-7+,11-10-,12-8-. The fraction of sp³-hybridized carbons (Fsp3) is 0.545. The van der Waals surface area contributed by atoms with E-state index in [0.29, 0.717) is 0 Å². The Morgan fingerprint density at radius 2 is 1.83 bits per heavy atom. The van der Waals surface area contributed by atoms with Crippen LogP contribution in [0.4, 0.5) is 0 Å². The van der Waals surface area contributed by atoms with Crippen molar-refractivity contribution in [1.82, 2.24) is 0 Å². The predicted octanol–water partition coefficient (Wildman–Crippen LogP) is 3.73. The molecule has 0 heterocycles. The number of allylic oxidation sites excluding steroid dienone is 4. The average Bonchev–Trinajstić information content (AvgIpc) is 2.11. The topological polar surface area (TPSA) is 12.4 Å². The van der Waals surface area contributed by atoms with Gasteiger partial charge in [-0.2, -0.15) is 0 Å². The van der Waals surface area contributed by atoms with E-state index >= 15 is 0 Å². The first-order chi connectivity index (χ1) is 5.63. The second-order valence-electron chi connectivity index (χ2n) is 2.90. The Labute approximate surface area is 75.9 Å². The highest BCUT2D eigenvalue weighted by Crippen LogP contribution is 2.13. The zero-order valence-corrected chi connectivity index (χ0v) is 8.81. The normalized spacial score (nSPS) is 15.2. The summed E-state index contributed by atoms with van der Waals surface area (Å²) in [6.45, 7) is 10.4. The summed E-state index contributed by atoms with van der Waals surface area (Å²) in [5.74, 6) is 0. The molecule has 0 saturated heterocycles. The molecule has 12 heavy (non-hydrogen) atoms. The van der Waals surface area contributed by atoms with Crippen LogP contribution in [0.15, 0.2) is 27.9 Å². The van der Waals surface area contributed by atoms with Gasteiger partial charge in [0.25, 0.3) is 0 Å². The van der Waals surface area contributed by atoms with Gasteiger partial charge in [-0.25, -0.2) is 0 Å². The largest absolute Gasteiger partial charge is 0.266 e. The summed E-state index contributed by atoms with van der Waals surface area (Å²) in [6.07, 6.45) is 5.06. The van der Waals surface area contributed by atoms with Crippen LogP contribution < -0.4 is 0 Å². The minimum absolute atomic E-state index is 1.000. The van der Waals surface area contributed by atoms with Crippen molar-refractivity contribution in [1.29, 1.82) is 0 Å². The summed E-state index contributed by atoms with van der Waals surface area (Å²) < 4.78 is 0. The van der Waals surface area contributed by atoms with Gasteiger partial charge >= 0.3 is 0 Å². The van der Waals surface area contributed by atoms with Crippen LogP contribution in [0, 0.1) is 0 Å². The van der Waals surface area contributed by atoms with Gasteiger partial charge in [-0.15, -0.1) is 0 Å². The number of nitrogens with zero attached hydrogens (tertiary/aromatic N) is 1. The first-order valence-electron chi connectivity index (χ1n) is 4.46. The van der Waals surface area contributed by atoms with Crippen LogP contribution in [0.2, 0.25) is 0 Å². The van der Waals surface area contributed by atoms with Gasteiger partial charge in [0.15, 0.2) is 0 Å². The molecule has 0 saturated carbocycles. The molecule has 0 aromatic rings. The maximum atomic E-state index is 4.33. The molecule has 0 bridgehead atoms. The lowest BCUT2D eigenvalue weighted by Gasteiger charge is -2.02.